The molecule has 0 bridgehead atoms. The third-order valence-corrected chi connectivity index (χ3v) is 5.82. The summed E-state index contributed by atoms with van der Waals surface area (Å²) in [7, 11) is 0. The van der Waals surface area contributed by atoms with E-state index in [-0.39, 0.29) is 24.2 Å². The first kappa shape index (κ1) is 17.7. The van der Waals surface area contributed by atoms with Crippen molar-refractivity contribution in [2.75, 3.05) is 11.4 Å². The number of hydrogen-bond acceptors (Lipinski definition) is 4. The quantitative estimate of drug-likeness (QED) is 0.754. The number of benzene rings is 2. The molecule has 2 heterocycles. The van der Waals surface area contributed by atoms with Gasteiger partial charge in [-0.3, -0.25) is 9.59 Å². The van der Waals surface area contributed by atoms with Gasteiger partial charge >= 0.3 is 0 Å². The predicted octanol–water partition coefficient (Wildman–Crippen LogP) is 3.58. The molecule has 6 heteroatoms. The lowest BCUT2D eigenvalue weighted by atomic mass is 10.1. The molecule has 2 aromatic carbocycles. The first-order valence-electron chi connectivity index (χ1n) is 9.00. The van der Waals surface area contributed by atoms with Crippen LogP contribution in [0.15, 0.2) is 42.5 Å². The molecule has 1 atom stereocenters. The van der Waals surface area contributed by atoms with Crippen LogP contribution in [-0.2, 0) is 16.1 Å². The van der Waals surface area contributed by atoms with Gasteiger partial charge in [0, 0.05) is 25.2 Å². The monoisotopic (exact) mass is 379 g/mol. The second kappa shape index (κ2) is 7.12. The van der Waals surface area contributed by atoms with Crippen LogP contribution in [0.2, 0.25) is 0 Å². The van der Waals surface area contributed by atoms with Crippen molar-refractivity contribution >= 4 is 39.1 Å². The van der Waals surface area contributed by atoms with Crippen molar-refractivity contribution in [3.05, 3.63) is 58.6 Å². The molecule has 1 aliphatic heterocycles. The fourth-order valence-electron chi connectivity index (χ4n) is 3.37. The largest absolute Gasteiger partial charge is 0.352 e. The van der Waals surface area contributed by atoms with Crippen LogP contribution in [0.5, 0.6) is 0 Å². The van der Waals surface area contributed by atoms with E-state index in [4.69, 9.17) is 0 Å². The molecule has 0 radical (unpaired) electrons. The van der Waals surface area contributed by atoms with E-state index in [0.29, 0.717) is 13.1 Å². The molecule has 1 unspecified atom stereocenters. The Morgan fingerprint density at radius 3 is 2.78 bits per heavy atom. The average molecular weight is 379 g/mol. The zero-order valence-electron chi connectivity index (χ0n) is 15.4. The number of carbonyl (C=O) groups is 2. The fraction of sp³-hybridized carbons (Fsp3) is 0.286. The van der Waals surface area contributed by atoms with Crippen molar-refractivity contribution in [1.82, 2.24) is 10.3 Å². The molecule has 5 nitrogen and oxygen atoms in total. The van der Waals surface area contributed by atoms with Gasteiger partial charge in [0.25, 0.3) is 0 Å². The Morgan fingerprint density at radius 2 is 2.00 bits per heavy atom. The number of thiazole rings is 1. The number of aromatic nitrogens is 1. The summed E-state index contributed by atoms with van der Waals surface area (Å²) in [5.41, 5.74) is 3.95. The van der Waals surface area contributed by atoms with Crippen molar-refractivity contribution in [2.45, 2.75) is 26.8 Å². The molecule has 27 heavy (non-hydrogen) atoms. The maximum Gasteiger partial charge on any atom is 0.227 e. The molecule has 1 aliphatic rings. The van der Waals surface area contributed by atoms with Crippen molar-refractivity contribution in [1.29, 1.82) is 0 Å². The highest BCUT2D eigenvalue weighted by molar-refractivity contribution is 7.18. The molecule has 4 rings (SSSR count). The number of hydrogen-bond donors (Lipinski definition) is 1. The fourth-order valence-corrected chi connectivity index (χ4v) is 4.18. The third kappa shape index (κ3) is 3.71. The third-order valence-electron chi connectivity index (χ3n) is 4.87. The second-order valence-electron chi connectivity index (χ2n) is 6.99. The second-order valence-corrected chi connectivity index (χ2v) is 8.23. The van der Waals surface area contributed by atoms with Crippen molar-refractivity contribution < 1.29 is 9.59 Å². The smallest absolute Gasteiger partial charge is 0.227 e. The van der Waals surface area contributed by atoms with Crippen LogP contribution < -0.4 is 10.2 Å². The molecule has 0 saturated carbocycles. The van der Waals surface area contributed by atoms with Gasteiger partial charge in [0.05, 0.1) is 21.1 Å². The zero-order valence-corrected chi connectivity index (χ0v) is 16.2. The number of anilines is 1. The minimum Gasteiger partial charge on any atom is -0.352 e. The van der Waals surface area contributed by atoms with Gasteiger partial charge in [0.1, 0.15) is 0 Å². The highest BCUT2D eigenvalue weighted by Crippen LogP contribution is 2.30. The van der Waals surface area contributed by atoms with Gasteiger partial charge in [0.2, 0.25) is 11.8 Å². The Morgan fingerprint density at radius 1 is 1.22 bits per heavy atom. The Balaban J connectivity index is 1.42. The van der Waals surface area contributed by atoms with Gasteiger partial charge in [-0.05, 0) is 37.6 Å². The minimum atomic E-state index is -0.323. The zero-order chi connectivity index (χ0) is 19.0. The van der Waals surface area contributed by atoms with Crippen LogP contribution >= 0.6 is 11.3 Å². The summed E-state index contributed by atoms with van der Waals surface area (Å²) in [5, 5.41) is 3.96. The van der Waals surface area contributed by atoms with Crippen LogP contribution in [0.25, 0.3) is 10.2 Å². The highest BCUT2D eigenvalue weighted by atomic mass is 32.1. The number of fused-ring (bicyclic) bond motifs is 1. The standard InChI is InChI=1S/C21H21N3O2S/c1-13-3-5-15(6-4-13)11-22-21(26)16-9-20(25)24(12-16)17-7-8-19-18(10-17)23-14(2)27-19/h3-8,10,16H,9,11-12H2,1-2H3,(H,22,26). The van der Waals surface area contributed by atoms with Crippen LogP contribution in [-0.4, -0.2) is 23.3 Å². The topological polar surface area (TPSA) is 62.3 Å². The lowest BCUT2D eigenvalue weighted by molar-refractivity contribution is -0.126. The SMILES string of the molecule is Cc1ccc(CNC(=O)C2CC(=O)N(c3ccc4sc(C)nc4c3)C2)cc1. The number of carbonyl (C=O) groups excluding carboxylic acids is 2. The van der Waals surface area contributed by atoms with Crippen LogP contribution in [0.4, 0.5) is 5.69 Å². The molecule has 1 N–H and O–H groups in total. The first-order valence-corrected chi connectivity index (χ1v) is 9.82. The molecule has 3 aromatic rings. The maximum atomic E-state index is 12.5. The Kier molecular flexibility index (Phi) is 4.66. The molecular formula is C21H21N3O2S. The number of amides is 2. The highest BCUT2D eigenvalue weighted by Gasteiger charge is 2.35. The summed E-state index contributed by atoms with van der Waals surface area (Å²) < 4.78 is 1.11. The Hall–Kier alpha value is -2.73. The molecular weight excluding hydrogens is 358 g/mol. The van der Waals surface area contributed by atoms with E-state index in [0.717, 1.165) is 26.5 Å². The van der Waals surface area contributed by atoms with E-state index in [1.165, 1.54) is 5.56 Å². The normalized spacial score (nSPS) is 16.9. The van der Waals surface area contributed by atoms with E-state index in [1.807, 2.05) is 56.3 Å². The van der Waals surface area contributed by atoms with Gasteiger partial charge in [-0.2, -0.15) is 0 Å². The summed E-state index contributed by atoms with van der Waals surface area (Å²) in [6.45, 7) is 4.90. The molecule has 138 valence electrons. The summed E-state index contributed by atoms with van der Waals surface area (Å²) >= 11 is 1.64. The van der Waals surface area contributed by atoms with Gasteiger partial charge in [-0.15, -0.1) is 11.3 Å². The molecule has 1 saturated heterocycles. The van der Waals surface area contributed by atoms with Crippen LogP contribution in [0, 0.1) is 19.8 Å². The number of rotatable bonds is 4. The Labute approximate surface area is 162 Å². The predicted molar refractivity (Wildman–Crippen MR) is 108 cm³/mol. The van der Waals surface area contributed by atoms with E-state index in [9.17, 15) is 9.59 Å². The van der Waals surface area contributed by atoms with E-state index in [2.05, 4.69) is 10.3 Å². The van der Waals surface area contributed by atoms with Gasteiger partial charge in [0.15, 0.2) is 0 Å². The molecule has 0 aliphatic carbocycles. The van der Waals surface area contributed by atoms with E-state index in [1.54, 1.807) is 16.2 Å². The van der Waals surface area contributed by atoms with Crippen molar-refractivity contribution in [2.24, 2.45) is 5.92 Å². The number of nitrogens with one attached hydrogen (secondary N) is 1. The average Bonchev–Trinajstić information content (AvgIpc) is 3.22. The molecule has 2 amide bonds. The van der Waals surface area contributed by atoms with Crippen LogP contribution in [0.3, 0.4) is 0 Å². The minimum absolute atomic E-state index is 0.0169. The van der Waals surface area contributed by atoms with Gasteiger partial charge in [-0.1, -0.05) is 29.8 Å². The van der Waals surface area contributed by atoms with Crippen molar-refractivity contribution in [3.8, 4) is 0 Å². The van der Waals surface area contributed by atoms with E-state index >= 15 is 0 Å². The molecule has 1 fully saturated rings. The van der Waals surface area contributed by atoms with E-state index < -0.39 is 0 Å². The Bertz CT molecular complexity index is 1010. The number of aryl methyl sites for hydroxylation is 2. The summed E-state index contributed by atoms with van der Waals surface area (Å²) in [6, 6.07) is 13.9. The lowest BCUT2D eigenvalue weighted by Gasteiger charge is -2.16. The first-order chi connectivity index (χ1) is 13.0. The van der Waals surface area contributed by atoms with Crippen molar-refractivity contribution in [3.63, 3.8) is 0 Å². The van der Waals surface area contributed by atoms with Gasteiger partial charge in [-0.25, -0.2) is 4.98 Å². The summed E-state index contributed by atoms with van der Waals surface area (Å²) in [4.78, 5) is 31.2. The maximum absolute atomic E-state index is 12.5. The molecule has 1 aromatic heterocycles. The number of nitrogens with zero attached hydrogens (tertiary/aromatic N) is 2. The summed E-state index contributed by atoms with van der Waals surface area (Å²) in [6.07, 6.45) is 0.244. The van der Waals surface area contributed by atoms with Gasteiger partial charge < -0.3 is 10.2 Å². The van der Waals surface area contributed by atoms with Crippen LogP contribution in [0.1, 0.15) is 22.6 Å². The molecule has 0 spiro atoms. The summed E-state index contributed by atoms with van der Waals surface area (Å²) in [5.74, 6) is -0.412. The lowest BCUT2D eigenvalue weighted by Crippen LogP contribution is -2.32.